The fourth-order valence-electron chi connectivity index (χ4n) is 0.887. The molecule has 0 bridgehead atoms. The van der Waals surface area contributed by atoms with Gasteiger partial charge >= 0.3 is 0 Å². The Kier molecular flexibility index (Phi) is 6.03. The predicted molar refractivity (Wildman–Crippen MR) is 45.2 cm³/mol. The van der Waals surface area contributed by atoms with Crippen LogP contribution < -0.4 is 0 Å². The van der Waals surface area contributed by atoms with Crippen molar-refractivity contribution in [1.82, 2.24) is 0 Å². The molecule has 0 amide bonds. The molecule has 10 heavy (non-hydrogen) atoms. The molecule has 0 aromatic heterocycles. The molecule has 1 unspecified atom stereocenters. The third-order valence-electron chi connectivity index (χ3n) is 1.57. The van der Waals surface area contributed by atoms with Gasteiger partial charge in [-0.3, -0.25) is 0 Å². The Morgan fingerprint density at radius 1 is 1.30 bits per heavy atom. The van der Waals surface area contributed by atoms with E-state index in [9.17, 15) is 0 Å². The van der Waals surface area contributed by atoms with Crippen LogP contribution in [0.2, 0.25) is 0 Å². The zero-order chi connectivity index (χ0) is 7.82. The molecule has 2 heteroatoms. The van der Waals surface area contributed by atoms with E-state index in [1.54, 1.807) is 0 Å². The molecule has 0 heterocycles. The van der Waals surface area contributed by atoms with Gasteiger partial charge in [0.15, 0.2) is 0 Å². The minimum Gasteiger partial charge on any atom is -0.313 e. The molecule has 0 aromatic carbocycles. The summed E-state index contributed by atoms with van der Waals surface area (Å²) in [6.07, 6.45) is 6.94. The zero-order valence-electron chi connectivity index (χ0n) is 6.56. The van der Waals surface area contributed by atoms with E-state index in [1.807, 2.05) is 0 Å². The second kappa shape index (κ2) is 6.46. The minimum atomic E-state index is 0.623. The summed E-state index contributed by atoms with van der Waals surface area (Å²) in [5.41, 5.74) is 0. The second-order valence-corrected chi connectivity index (χ2v) is 2.68. The Balaban J connectivity index is 3.11. The van der Waals surface area contributed by atoms with Gasteiger partial charge in [0, 0.05) is 0 Å². The fourth-order valence-corrected chi connectivity index (χ4v) is 0.887. The zero-order valence-corrected chi connectivity index (χ0v) is 6.56. The molecule has 0 radical (unpaired) electrons. The SMILES string of the molecule is CC(CC=N)CCCC=N. The van der Waals surface area contributed by atoms with Gasteiger partial charge in [-0.1, -0.05) is 13.3 Å². The third kappa shape index (κ3) is 5.48. The van der Waals surface area contributed by atoms with Gasteiger partial charge < -0.3 is 10.8 Å². The Morgan fingerprint density at radius 3 is 2.50 bits per heavy atom. The van der Waals surface area contributed by atoms with Crippen LogP contribution >= 0.6 is 0 Å². The first-order chi connectivity index (χ1) is 4.81. The van der Waals surface area contributed by atoms with Gasteiger partial charge in [-0.15, -0.1) is 0 Å². The van der Waals surface area contributed by atoms with E-state index in [0.29, 0.717) is 5.92 Å². The molecule has 2 nitrogen and oxygen atoms in total. The largest absolute Gasteiger partial charge is 0.313 e. The van der Waals surface area contributed by atoms with Gasteiger partial charge in [-0.05, 0) is 37.6 Å². The molecule has 0 aliphatic rings. The lowest BCUT2D eigenvalue weighted by atomic mass is 10.0. The van der Waals surface area contributed by atoms with Crippen molar-refractivity contribution in [3.63, 3.8) is 0 Å². The van der Waals surface area contributed by atoms with E-state index in [-0.39, 0.29) is 0 Å². The van der Waals surface area contributed by atoms with Crippen LogP contribution in [0, 0.1) is 16.7 Å². The smallest absolute Gasteiger partial charge is 0.00451 e. The lowest BCUT2D eigenvalue weighted by Gasteiger charge is -2.04. The summed E-state index contributed by atoms with van der Waals surface area (Å²) in [5.74, 6) is 0.623. The first-order valence-electron chi connectivity index (χ1n) is 3.79. The molecule has 0 saturated heterocycles. The number of unbranched alkanes of at least 4 members (excludes halogenated alkanes) is 1. The maximum atomic E-state index is 6.84. The molecule has 58 valence electrons. The quantitative estimate of drug-likeness (QED) is 0.420. The first kappa shape index (κ1) is 9.34. The van der Waals surface area contributed by atoms with Crippen LogP contribution in [0.4, 0.5) is 0 Å². The van der Waals surface area contributed by atoms with E-state index < -0.39 is 0 Å². The summed E-state index contributed by atoms with van der Waals surface area (Å²) in [6.45, 7) is 2.15. The van der Waals surface area contributed by atoms with Crippen molar-refractivity contribution in [2.45, 2.75) is 32.6 Å². The molecule has 0 aliphatic carbocycles. The highest BCUT2D eigenvalue weighted by atomic mass is 14.3. The number of hydrogen-bond acceptors (Lipinski definition) is 2. The van der Waals surface area contributed by atoms with Gasteiger partial charge in [0.2, 0.25) is 0 Å². The Hall–Kier alpha value is -0.660. The number of rotatable bonds is 6. The normalized spacial score (nSPS) is 12.5. The van der Waals surface area contributed by atoms with Crippen molar-refractivity contribution in [3.8, 4) is 0 Å². The molecule has 0 spiro atoms. The minimum absolute atomic E-state index is 0.623. The van der Waals surface area contributed by atoms with E-state index >= 15 is 0 Å². The molecule has 2 N–H and O–H groups in total. The summed E-state index contributed by atoms with van der Waals surface area (Å²) in [7, 11) is 0. The van der Waals surface area contributed by atoms with Crippen LogP contribution in [0.5, 0.6) is 0 Å². The number of nitrogens with one attached hydrogen (secondary N) is 2. The number of hydrogen-bond donors (Lipinski definition) is 2. The molecule has 1 atom stereocenters. The van der Waals surface area contributed by atoms with E-state index in [4.69, 9.17) is 10.8 Å². The van der Waals surface area contributed by atoms with Gasteiger partial charge in [-0.25, -0.2) is 0 Å². The fraction of sp³-hybridized carbons (Fsp3) is 0.750. The van der Waals surface area contributed by atoms with Crippen molar-refractivity contribution in [1.29, 1.82) is 10.8 Å². The summed E-state index contributed by atoms with van der Waals surface area (Å²) in [5, 5.41) is 13.6. The van der Waals surface area contributed by atoms with E-state index in [1.165, 1.54) is 12.4 Å². The average Bonchev–Trinajstić information content (AvgIpc) is 1.89. The van der Waals surface area contributed by atoms with Crippen LogP contribution in [0.25, 0.3) is 0 Å². The van der Waals surface area contributed by atoms with Gasteiger partial charge in [0.05, 0.1) is 0 Å². The standard InChI is InChI=1S/C8H16N2/c1-8(5-7-10)4-2-3-6-9/h6-10H,2-5H2,1H3. The molecule has 0 aromatic rings. The van der Waals surface area contributed by atoms with Crippen molar-refractivity contribution in [2.24, 2.45) is 5.92 Å². The van der Waals surface area contributed by atoms with Crippen molar-refractivity contribution >= 4 is 12.4 Å². The summed E-state index contributed by atoms with van der Waals surface area (Å²) in [6, 6.07) is 0. The van der Waals surface area contributed by atoms with E-state index in [0.717, 1.165) is 25.7 Å². The second-order valence-electron chi connectivity index (χ2n) is 2.68. The highest BCUT2D eigenvalue weighted by Gasteiger charge is 1.97. The Morgan fingerprint density at radius 2 is 2.00 bits per heavy atom. The molecule has 0 saturated carbocycles. The predicted octanol–water partition coefficient (Wildman–Crippen LogP) is 2.48. The van der Waals surface area contributed by atoms with Gasteiger partial charge in [-0.2, -0.15) is 0 Å². The summed E-state index contributed by atoms with van der Waals surface area (Å²) in [4.78, 5) is 0. The third-order valence-corrected chi connectivity index (χ3v) is 1.57. The van der Waals surface area contributed by atoms with Gasteiger partial charge in [0.1, 0.15) is 0 Å². The van der Waals surface area contributed by atoms with Crippen molar-refractivity contribution < 1.29 is 0 Å². The summed E-state index contributed by atoms with van der Waals surface area (Å²) >= 11 is 0. The van der Waals surface area contributed by atoms with Crippen molar-refractivity contribution in [2.75, 3.05) is 0 Å². The monoisotopic (exact) mass is 140 g/mol. The van der Waals surface area contributed by atoms with Crippen LogP contribution in [0.1, 0.15) is 32.6 Å². The molecule has 0 aliphatic heterocycles. The van der Waals surface area contributed by atoms with Crippen molar-refractivity contribution in [3.05, 3.63) is 0 Å². The lowest BCUT2D eigenvalue weighted by molar-refractivity contribution is 0.539. The maximum absolute atomic E-state index is 6.84. The Labute approximate surface area is 62.7 Å². The lowest BCUT2D eigenvalue weighted by Crippen LogP contribution is -1.94. The molecule has 0 fully saturated rings. The van der Waals surface area contributed by atoms with Gasteiger partial charge in [0.25, 0.3) is 0 Å². The molecular formula is C8H16N2. The highest BCUT2D eigenvalue weighted by molar-refractivity contribution is 5.53. The Bertz CT molecular complexity index is 99.4. The van der Waals surface area contributed by atoms with Crippen LogP contribution in [0.3, 0.4) is 0 Å². The molecular weight excluding hydrogens is 124 g/mol. The first-order valence-corrected chi connectivity index (χ1v) is 3.79. The average molecular weight is 140 g/mol. The maximum Gasteiger partial charge on any atom is -0.00451 e. The topological polar surface area (TPSA) is 47.7 Å². The van der Waals surface area contributed by atoms with E-state index in [2.05, 4.69) is 6.92 Å². The van der Waals surface area contributed by atoms with Crippen LogP contribution in [-0.2, 0) is 0 Å². The summed E-state index contributed by atoms with van der Waals surface area (Å²) < 4.78 is 0. The van der Waals surface area contributed by atoms with Crippen LogP contribution in [-0.4, -0.2) is 12.4 Å². The highest BCUT2D eigenvalue weighted by Crippen LogP contribution is 2.08. The molecule has 0 rings (SSSR count). The van der Waals surface area contributed by atoms with Crippen LogP contribution in [0.15, 0.2) is 0 Å².